The first-order valence-corrected chi connectivity index (χ1v) is 2.23. The Bertz CT molecular complexity index is 44.8. The van der Waals surface area contributed by atoms with Crippen molar-refractivity contribution in [2.24, 2.45) is 0 Å². The van der Waals surface area contributed by atoms with Crippen molar-refractivity contribution in [3.63, 3.8) is 0 Å². The predicted molar refractivity (Wildman–Crippen MR) is 39.1 cm³/mol. The maximum absolute atomic E-state index is 3.54. The number of halogens is 3. The van der Waals surface area contributed by atoms with Crippen LogP contribution < -0.4 is 5.32 Å². The van der Waals surface area contributed by atoms with Gasteiger partial charge in [0.2, 0.25) is 0 Å². The first-order chi connectivity index (χ1) is 2.91. The van der Waals surface area contributed by atoms with Crippen molar-refractivity contribution in [1.29, 1.82) is 0 Å². The fourth-order valence-corrected chi connectivity index (χ4v) is 0.246. The maximum atomic E-state index is 3.54. The average molecular weight is 143 g/mol. The van der Waals surface area contributed by atoms with Crippen LogP contribution in [0.2, 0.25) is 0 Å². The Morgan fingerprint density at radius 3 is 1.89 bits per heavy atom. The molecule has 0 bridgehead atoms. The molecular weight excluding hydrogens is 130 g/mol. The van der Waals surface area contributed by atoms with Gasteiger partial charge in [0.25, 0.3) is 0 Å². The molecule has 0 atom stereocenters. The van der Waals surface area contributed by atoms with Crippen LogP contribution in [-0.2, 0) is 0 Å². The van der Waals surface area contributed by atoms with Gasteiger partial charge in [0.1, 0.15) is 7.85 Å². The summed E-state index contributed by atoms with van der Waals surface area (Å²) in [6.07, 6.45) is 2.88. The molecule has 0 spiro atoms. The smallest absolute Gasteiger partial charge is 0.119 e. The first kappa shape index (κ1) is 23.5. The van der Waals surface area contributed by atoms with Crippen molar-refractivity contribution in [3.05, 3.63) is 12.7 Å². The Morgan fingerprint density at radius 2 is 1.78 bits per heavy atom. The third kappa shape index (κ3) is 35.7. The summed E-state index contributed by atoms with van der Waals surface area (Å²) in [5.41, 5.74) is 0. The van der Waals surface area contributed by atoms with Gasteiger partial charge in [-0.25, -0.2) is 0 Å². The molecule has 0 fully saturated rings. The number of nitrogens with one attached hydrogen (secondary N) is 1. The minimum absolute atomic E-state index is 0. The summed E-state index contributed by atoms with van der Waals surface area (Å²) in [5, 5.41) is 3.08. The molecule has 0 unspecified atom stereocenters. The second-order valence-corrected chi connectivity index (χ2v) is 1.10. The molecule has 0 aromatic rings. The Balaban J connectivity index is -0.0000000417. The van der Waals surface area contributed by atoms with Gasteiger partial charge in [-0.3, -0.25) is 14.1 Å². The summed E-state index contributed by atoms with van der Waals surface area (Å²) in [6, 6.07) is 0. The molecule has 0 aromatic heterocycles. The van der Waals surface area contributed by atoms with E-state index in [4.69, 9.17) is 0 Å². The van der Waals surface area contributed by atoms with Crippen LogP contribution in [0.5, 0.6) is 0 Å². The number of hydrogen-bond acceptors (Lipinski definition) is 1. The van der Waals surface area contributed by atoms with Crippen LogP contribution in [0.4, 0.5) is 14.1 Å². The van der Waals surface area contributed by atoms with E-state index in [9.17, 15) is 0 Å². The van der Waals surface area contributed by atoms with Crippen molar-refractivity contribution in [2.45, 2.75) is 0 Å². The Kier molecular flexibility index (Phi) is 67.2. The van der Waals surface area contributed by atoms with Crippen LogP contribution in [0.3, 0.4) is 0 Å². The minimum Gasteiger partial charge on any atom is -0.321 e. The zero-order valence-electron chi connectivity index (χ0n) is 5.42. The highest BCUT2D eigenvalue weighted by Gasteiger charge is 1.67. The second kappa shape index (κ2) is 25.7. The van der Waals surface area contributed by atoms with Crippen LogP contribution >= 0.6 is 0 Å². The third-order valence-electron chi connectivity index (χ3n) is 0.539. The van der Waals surface area contributed by atoms with Crippen LogP contribution in [0, 0.1) is 0 Å². The molecule has 1 N–H and O–H groups in total. The standard InChI is InChI=1S/C4H10BN.3FH/c1-2-3-6-4-5;;;/h2,6H,1,3-5H2;3*1H. The van der Waals surface area contributed by atoms with E-state index in [2.05, 4.69) is 19.7 Å². The fraction of sp³-hybridized carbons (Fsp3) is 0.500. The van der Waals surface area contributed by atoms with Gasteiger partial charge >= 0.3 is 0 Å². The summed E-state index contributed by atoms with van der Waals surface area (Å²) in [5.74, 6) is 0. The first-order valence-electron chi connectivity index (χ1n) is 2.23. The van der Waals surface area contributed by atoms with E-state index in [1.807, 2.05) is 6.08 Å². The summed E-state index contributed by atoms with van der Waals surface area (Å²) in [7, 11) is 2.07. The molecule has 0 aliphatic rings. The normalized spacial score (nSPS) is 5.33. The lowest BCUT2D eigenvalue weighted by Crippen LogP contribution is -2.13. The lowest BCUT2D eigenvalue weighted by Gasteiger charge is -1.88. The van der Waals surface area contributed by atoms with Crippen molar-refractivity contribution in [1.82, 2.24) is 5.32 Å². The Labute approximate surface area is 54.0 Å². The molecule has 0 aliphatic carbocycles. The molecule has 0 aromatic carbocycles. The van der Waals surface area contributed by atoms with E-state index in [0.717, 1.165) is 13.0 Å². The van der Waals surface area contributed by atoms with E-state index in [-0.39, 0.29) is 14.1 Å². The van der Waals surface area contributed by atoms with E-state index in [0.29, 0.717) is 0 Å². The number of hydrogen-bond donors (Lipinski definition) is 1. The largest absolute Gasteiger partial charge is 0.321 e. The molecule has 0 saturated carbocycles. The summed E-state index contributed by atoms with van der Waals surface area (Å²) >= 11 is 0. The third-order valence-corrected chi connectivity index (χ3v) is 0.539. The quantitative estimate of drug-likeness (QED) is 0.328. The Hall–Kier alpha value is -0.445. The van der Waals surface area contributed by atoms with Crippen LogP contribution in [-0.4, -0.2) is 20.8 Å². The molecule has 1 nitrogen and oxygen atoms in total. The summed E-state index contributed by atoms with van der Waals surface area (Å²) in [6.45, 7) is 4.46. The summed E-state index contributed by atoms with van der Waals surface area (Å²) in [4.78, 5) is 0. The van der Waals surface area contributed by atoms with E-state index >= 15 is 0 Å². The SMILES string of the molecule is BCNCC=C.F.F.F. The predicted octanol–water partition coefficient (Wildman–Crippen LogP) is -0.190. The molecule has 58 valence electrons. The van der Waals surface area contributed by atoms with Gasteiger partial charge in [-0.05, 0) is 6.44 Å². The second-order valence-electron chi connectivity index (χ2n) is 1.10. The van der Waals surface area contributed by atoms with Crippen molar-refractivity contribution in [2.75, 3.05) is 13.0 Å². The van der Waals surface area contributed by atoms with Gasteiger partial charge in [-0.2, -0.15) is 0 Å². The van der Waals surface area contributed by atoms with Gasteiger partial charge in [0, 0.05) is 6.54 Å². The van der Waals surface area contributed by atoms with Crippen molar-refractivity contribution >= 4 is 7.85 Å². The molecule has 0 aliphatic heterocycles. The monoisotopic (exact) mass is 143 g/mol. The highest BCUT2D eigenvalue weighted by molar-refractivity contribution is 6.08. The minimum atomic E-state index is 0. The summed E-state index contributed by atoms with van der Waals surface area (Å²) < 4.78 is 0. The van der Waals surface area contributed by atoms with Gasteiger partial charge < -0.3 is 5.32 Å². The fourth-order valence-electron chi connectivity index (χ4n) is 0.246. The maximum Gasteiger partial charge on any atom is 0.119 e. The van der Waals surface area contributed by atoms with Crippen LogP contribution in [0.1, 0.15) is 0 Å². The molecular formula is C4H13BF3N. The molecule has 0 rings (SSSR count). The average Bonchev–Trinajstić information content (AvgIpc) is 1.61. The topological polar surface area (TPSA) is 12.0 Å². The molecule has 0 heterocycles. The van der Waals surface area contributed by atoms with Crippen molar-refractivity contribution < 1.29 is 14.1 Å². The Morgan fingerprint density at radius 1 is 1.33 bits per heavy atom. The molecule has 0 saturated heterocycles. The highest BCUT2D eigenvalue weighted by Crippen LogP contribution is 1.52. The molecule has 5 heteroatoms. The molecule has 9 heavy (non-hydrogen) atoms. The van der Waals surface area contributed by atoms with Crippen LogP contribution in [0.15, 0.2) is 12.7 Å². The van der Waals surface area contributed by atoms with Crippen molar-refractivity contribution in [3.8, 4) is 0 Å². The molecule has 0 radical (unpaired) electrons. The zero-order chi connectivity index (χ0) is 4.83. The van der Waals surface area contributed by atoms with E-state index < -0.39 is 0 Å². The molecule has 0 amide bonds. The number of rotatable bonds is 3. The lowest BCUT2D eigenvalue weighted by atomic mass is 10.2. The van der Waals surface area contributed by atoms with E-state index in [1.54, 1.807) is 0 Å². The van der Waals surface area contributed by atoms with E-state index in [1.165, 1.54) is 0 Å². The van der Waals surface area contributed by atoms with Crippen LogP contribution in [0.25, 0.3) is 0 Å². The van der Waals surface area contributed by atoms with Gasteiger partial charge in [-0.15, -0.1) is 6.58 Å². The lowest BCUT2D eigenvalue weighted by molar-refractivity contribution is 0.886. The van der Waals surface area contributed by atoms with Gasteiger partial charge in [0.05, 0.1) is 0 Å². The van der Waals surface area contributed by atoms with Gasteiger partial charge in [0.15, 0.2) is 0 Å². The highest BCUT2D eigenvalue weighted by atomic mass is 19.0. The van der Waals surface area contributed by atoms with Gasteiger partial charge in [-0.1, -0.05) is 6.08 Å². The zero-order valence-corrected chi connectivity index (χ0v) is 5.42.